The first-order valence-electron chi connectivity index (χ1n) is 10.8. The first kappa shape index (κ1) is 21.2. The highest BCUT2D eigenvalue weighted by Gasteiger charge is 2.26. The molecule has 1 amide bonds. The van der Waals surface area contributed by atoms with Gasteiger partial charge in [-0.05, 0) is 36.2 Å². The molecule has 2 aromatic rings. The standard InChI is InChI=1S/C24H31N3O2S/c1-19-11-12-27(22-5-3-4-6-23(22)30-19)24(28)18-26-15-13-25(14-16-26)17-20-7-9-21(29-2)10-8-20/h3-10,19H,11-18H2,1-2H3/t19-/m1/s1. The van der Waals surface area contributed by atoms with Gasteiger partial charge in [-0.1, -0.05) is 31.2 Å². The van der Waals surface area contributed by atoms with Gasteiger partial charge in [0.1, 0.15) is 5.75 Å². The van der Waals surface area contributed by atoms with Gasteiger partial charge in [0.2, 0.25) is 5.91 Å². The summed E-state index contributed by atoms with van der Waals surface area (Å²) in [6.07, 6.45) is 1.03. The number of hydrogen-bond donors (Lipinski definition) is 0. The highest BCUT2D eigenvalue weighted by molar-refractivity contribution is 8.00. The maximum Gasteiger partial charge on any atom is 0.241 e. The van der Waals surface area contributed by atoms with Crippen molar-refractivity contribution in [2.45, 2.75) is 30.0 Å². The maximum absolute atomic E-state index is 13.2. The second-order valence-corrected chi connectivity index (χ2v) is 9.61. The van der Waals surface area contributed by atoms with E-state index in [2.05, 4.69) is 47.1 Å². The van der Waals surface area contributed by atoms with E-state index in [-0.39, 0.29) is 5.91 Å². The Bertz CT molecular complexity index is 850. The van der Waals surface area contributed by atoms with E-state index in [1.165, 1.54) is 10.5 Å². The van der Waals surface area contributed by atoms with Gasteiger partial charge in [0.05, 0.1) is 19.3 Å². The van der Waals surface area contributed by atoms with Crippen molar-refractivity contribution in [2.24, 2.45) is 0 Å². The Morgan fingerprint density at radius 2 is 1.70 bits per heavy atom. The van der Waals surface area contributed by atoms with E-state index >= 15 is 0 Å². The van der Waals surface area contributed by atoms with Crippen LogP contribution in [0.2, 0.25) is 0 Å². The molecular weight excluding hydrogens is 394 g/mol. The topological polar surface area (TPSA) is 36.0 Å². The van der Waals surface area contributed by atoms with Crippen LogP contribution in [0.5, 0.6) is 5.75 Å². The SMILES string of the molecule is COc1ccc(CN2CCN(CC(=O)N3CC[C@@H](C)Sc4ccccc43)CC2)cc1. The molecule has 2 aliphatic heterocycles. The van der Waals surface area contributed by atoms with Gasteiger partial charge >= 0.3 is 0 Å². The summed E-state index contributed by atoms with van der Waals surface area (Å²) in [6, 6.07) is 16.6. The van der Waals surface area contributed by atoms with Gasteiger partial charge in [-0.3, -0.25) is 14.6 Å². The van der Waals surface area contributed by atoms with Crippen LogP contribution in [0, 0.1) is 0 Å². The fraction of sp³-hybridized carbons (Fsp3) is 0.458. The molecule has 6 heteroatoms. The van der Waals surface area contributed by atoms with Crippen LogP contribution in [0.1, 0.15) is 18.9 Å². The van der Waals surface area contributed by atoms with Crippen molar-refractivity contribution in [3.63, 3.8) is 0 Å². The third-order valence-electron chi connectivity index (χ3n) is 5.93. The second kappa shape index (κ2) is 9.86. The Balaban J connectivity index is 1.31. The van der Waals surface area contributed by atoms with E-state index in [1.54, 1.807) is 7.11 Å². The van der Waals surface area contributed by atoms with Crippen LogP contribution in [-0.2, 0) is 11.3 Å². The summed E-state index contributed by atoms with van der Waals surface area (Å²) in [6.45, 7) is 8.35. The molecule has 0 radical (unpaired) electrons. The lowest BCUT2D eigenvalue weighted by Gasteiger charge is -2.35. The zero-order valence-electron chi connectivity index (χ0n) is 17.9. The summed E-state index contributed by atoms with van der Waals surface area (Å²) in [7, 11) is 1.69. The second-order valence-electron chi connectivity index (χ2n) is 8.13. The van der Waals surface area contributed by atoms with Gasteiger partial charge in [0, 0.05) is 49.4 Å². The van der Waals surface area contributed by atoms with Gasteiger partial charge in [0.15, 0.2) is 0 Å². The number of nitrogens with zero attached hydrogens (tertiary/aromatic N) is 3. The van der Waals surface area contributed by atoms with E-state index in [1.807, 2.05) is 34.9 Å². The minimum Gasteiger partial charge on any atom is -0.497 e. The predicted octanol–water partition coefficient (Wildman–Crippen LogP) is 3.73. The van der Waals surface area contributed by atoms with Crippen molar-refractivity contribution in [1.29, 1.82) is 0 Å². The molecule has 160 valence electrons. The number of benzene rings is 2. The van der Waals surface area contributed by atoms with Gasteiger partial charge < -0.3 is 9.64 Å². The number of fused-ring (bicyclic) bond motifs is 1. The largest absolute Gasteiger partial charge is 0.497 e. The Labute approximate surface area is 184 Å². The molecule has 1 fully saturated rings. The highest BCUT2D eigenvalue weighted by Crippen LogP contribution is 2.37. The first-order valence-corrected chi connectivity index (χ1v) is 11.6. The van der Waals surface area contributed by atoms with Crippen LogP contribution >= 0.6 is 11.8 Å². The van der Waals surface area contributed by atoms with Crippen LogP contribution < -0.4 is 9.64 Å². The number of hydrogen-bond acceptors (Lipinski definition) is 5. The lowest BCUT2D eigenvalue weighted by atomic mass is 10.2. The van der Waals surface area contributed by atoms with Crippen molar-refractivity contribution in [3.8, 4) is 5.75 Å². The highest BCUT2D eigenvalue weighted by atomic mass is 32.2. The van der Waals surface area contributed by atoms with Crippen molar-refractivity contribution in [1.82, 2.24) is 9.80 Å². The molecule has 0 aliphatic carbocycles. The summed E-state index contributed by atoms with van der Waals surface area (Å²) >= 11 is 1.88. The number of piperazine rings is 1. The van der Waals surface area contributed by atoms with Crippen LogP contribution in [0.15, 0.2) is 53.4 Å². The van der Waals surface area contributed by atoms with E-state index < -0.39 is 0 Å². The Morgan fingerprint density at radius 3 is 2.43 bits per heavy atom. The average Bonchev–Trinajstić information content (AvgIpc) is 2.94. The van der Waals surface area contributed by atoms with Crippen LogP contribution in [0.25, 0.3) is 0 Å². The molecule has 0 saturated carbocycles. The fourth-order valence-corrected chi connectivity index (χ4v) is 5.23. The number of carbonyl (C=O) groups is 1. The number of carbonyl (C=O) groups excluding carboxylic acids is 1. The summed E-state index contributed by atoms with van der Waals surface area (Å²) in [5, 5.41) is 0.533. The van der Waals surface area contributed by atoms with Gasteiger partial charge in [0.25, 0.3) is 0 Å². The van der Waals surface area contributed by atoms with E-state index in [9.17, 15) is 4.79 Å². The number of amides is 1. The molecule has 2 aromatic carbocycles. The fourth-order valence-electron chi connectivity index (χ4n) is 4.12. The lowest BCUT2D eigenvalue weighted by Crippen LogP contribution is -2.50. The van der Waals surface area contributed by atoms with Gasteiger partial charge in [-0.15, -0.1) is 11.8 Å². The lowest BCUT2D eigenvalue weighted by molar-refractivity contribution is -0.120. The number of ether oxygens (including phenoxy) is 1. The van der Waals surface area contributed by atoms with Crippen molar-refractivity contribution in [3.05, 3.63) is 54.1 Å². The van der Waals surface area contributed by atoms with Crippen molar-refractivity contribution >= 4 is 23.4 Å². The van der Waals surface area contributed by atoms with E-state index in [0.717, 1.165) is 57.1 Å². The Kier molecular flexibility index (Phi) is 6.97. The molecule has 1 saturated heterocycles. The minimum atomic E-state index is 0.223. The molecule has 0 spiro atoms. The van der Waals surface area contributed by atoms with Gasteiger partial charge in [-0.25, -0.2) is 0 Å². The molecule has 0 aromatic heterocycles. The molecule has 0 bridgehead atoms. The summed E-state index contributed by atoms with van der Waals surface area (Å²) in [5.41, 5.74) is 2.38. The van der Waals surface area contributed by atoms with Crippen molar-refractivity contribution in [2.75, 3.05) is 51.3 Å². The number of anilines is 1. The third-order valence-corrected chi connectivity index (χ3v) is 7.17. The number of rotatable bonds is 5. The van der Waals surface area contributed by atoms with Crippen molar-refractivity contribution < 1.29 is 9.53 Å². The maximum atomic E-state index is 13.2. The monoisotopic (exact) mass is 425 g/mol. The molecule has 30 heavy (non-hydrogen) atoms. The Hall–Kier alpha value is -2.02. The third kappa shape index (κ3) is 5.17. The molecule has 2 aliphatic rings. The minimum absolute atomic E-state index is 0.223. The molecule has 5 nitrogen and oxygen atoms in total. The van der Waals surface area contributed by atoms with E-state index in [0.29, 0.717) is 11.8 Å². The van der Waals surface area contributed by atoms with E-state index in [4.69, 9.17) is 4.74 Å². The summed E-state index contributed by atoms with van der Waals surface area (Å²) in [4.78, 5) is 21.2. The molecule has 0 N–H and O–H groups in total. The van der Waals surface area contributed by atoms with Gasteiger partial charge in [-0.2, -0.15) is 0 Å². The first-order chi connectivity index (χ1) is 14.6. The zero-order chi connectivity index (χ0) is 20.9. The number of thioether (sulfide) groups is 1. The number of para-hydroxylation sites is 1. The predicted molar refractivity (Wildman–Crippen MR) is 123 cm³/mol. The summed E-state index contributed by atoms with van der Waals surface area (Å²) in [5.74, 6) is 1.12. The molecule has 0 unspecified atom stereocenters. The van der Waals surface area contributed by atoms with Crippen LogP contribution in [0.4, 0.5) is 5.69 Å². The number of methoxy groups -OCH3 is 1. The summed E-state index contributed by atoms with van der Waals surface area (Å²) < 4.78 is 5.24. The molecule has 1 atom stereocenters. The molecule has 4 rings (SSSR count). The smallest absolute Gasteiger partial charge is 0.241 e. The Morgan fingerprint density at radius 1 is 1.00 bits per heavy atom. The molecule has 2 heterocycles. The normalized spacial score (nSPS) is 20.5. The van der Waals surface area contributed by atoms with Crippen LogP contribution in [-0.4, -0.2) is 67.3 Å². The zero-order valence-corrected chi connectivity index (χ0v) is 18.7. The average molecular weight is 426 g/mol. The van der Waals surface area contributed by atoms with Crippen LogP contribution in [0.3, 0.4) is 0 Å². The quantitative estimate of drug-likeness (QED) is 0.730. The molecular formula is C24H31N3O2S.